The van der Waals surface area contributed by atoms with Gasteiger partial charge in [-0.05, 0) is 45.4 Å². The first-order valence-corrected chi connectivity index (χ1v) is 7.09. The first-order chi connectivity index (χ1) is 8.81. The molecule has 0 aliphatic carbocycles. The lowest BCUT2D eigenvalue weighted by atomic mass is 9.95. The summed E-state index contributed by atoms with van der Waals surface area (Å²) in [5.74, 6) is 0.719. The zero-order valence-corrected chi connectivity index (χ0v) is 12.6. The Hall–Kier alpha value is -1.03. The topological polar surface area (TPSA) is 49.8 Å². The summed E-state index contributed by atoms with van der Waals surface area (Å²) in [6.07, 6.45) is 5.96. The van der Waals surface area contributed by atoms with Gasteiger partial charge in [-0.2, -0.15) is 0 Å². The molecule has 0 spiro atoms. The van der Waals surface area contributed by atoms with Crippen molar-refractivity contribution in [2.45, 2.75) is 46.1 Å². The van der Waals surface area contributed by atoms with E-state index in [2.05, 4.69) is 12.2 Å². The van der Waals surface area contributed by atoms with Crippen LogP contribution in [0.1, 0.15) is 40.5 Å². The molecule has 4 nitrogen and oxygen atoms in total. The Labute approximate surface area is 116 Å². The van der Waals surface area contributed by atoms with E-state index in [-0.39, 0.29) is 18.6 Å². The van der Waals surface area contributed by atoms with Crippen LogP contribution in [0.4, 0.5) is 4.79 Å². The van der Waals surface area contributed by atoms with Crippen LogP contribution in [0.5, 0.6) is 0 Å². The predicted molar refractivity (Wildman–Crippen MR) is 75.9 cm³/mol. The molecule has 1 aliphatic heterocycles. The van der Waals surface area contributed by atoms with Gasteiger partial charge in [-0.15, -0.1) is 0 Å². The van der Waals surface area contributed by atoms with Gasteiger partial charge in [0.25, 0.3) is 0 Å². The van der Waals surface area contributed by atoms with Crippen molar-refractivity contribution in [2.24, 2.45) is 11.8 Å². The second-order valence-corrected chi connectivity index (χ2v) is 6.35. The molecule has 0 radical (unpaired) electrons. The normalized spacial score (nSPS) is 19.7. The fourth-order valence-electron chi connectivity index (χ4n) is 2.01. The van der Waals surface area contributed by atoms with Crippen LogP contribution in [0, 0.1) is 11.8 Å². The van der Waals surface area contributed by atoms with Crippen LogP contribution in [0.2, 0.25) is 0 Å². The van der Waals surface area contributed by atoms with Crippen molar-refractivity contribution >= 4 is 6.09 Å². The van der Waals surface area contributed by atoms with Crippen LogP contribution >= 0.6 is 0 Å². The lowest BCUT2D eigenvalue weighted by Crippen LogP contribution is -2.41. The quantitative estimate of drug-likeness (QED) is 0.801. The van der Waals surface area contributed by atoms with Gasteiger partial charge in [0.1, 0.15) is 5.60 Å². The molecule has 110 valence electrons. The Morgan fingerprint density at radius 1 is 1.42 bits per heavy atom. The molecule has 0 bridgehead atoms. The van der Waals surface area contributed by atoms with E-state index in [9.17, 15) is 4.79 Å². The maximum absolute atomic E-state index is 11.9. The largest absolute Gasteiger partial charge is 0.444 e. The maximum atomic E-state index is 11.9. The van der Waals surface area contributed by atoms with E-state index in [0.29, 0.717) is 5.92 Å². The van der Waals surface area contributed by atoms with Gasteiger partial charge in [0.2, 0.25) is 0 Å². The van der Waals surface area contributed by atoms with E-state index in [1.807, 2.05) is 27.7 Å². The molecule has 1 heterocycles. The summed E-state index contributed by atoms with van der Waals surface area (Å²) in [6, 6.07) is 0. The van der Waals surface area contributed by atoms with Crippen molar-refractivity contribution in [2.75, 3.05) is 19.7 Å². The van der Waals surface area contributed by atoms with Crippen LogP contribution in [0.25, 0.3) is 0 Å². The second kappa shape index (κ2) is 6.94. The van der Waals surface area contributed by atoms with Crippen LogP contribution < -0.4 is 0 Å². The highest BCUT2D eigenvalue weighted by Gasteiger charge is 2.25. The van der Waals surface area contributed by atoms with Crippen LogP contribution in [-0.2, 0) is 4.74 Å². The number of likely N-dealkylation sites (tertiary alicyclic amines) is 1. The van der Waals surface area contributed by atoms with Crippen molar-refractivity contribution in [3.05, 3.63) is 12.2 Å². The molecule has 0 aromatic carbocycles. The van der Waals surface area contributed by atoms with Crippen molar-refractivity contribution in [1.29, 1.82) is 0 Å². The van der Waals surface area contributed by atoms with Crippen molar-refractivity contribution in [3.63, 3.8) is 0 Å². The average Bonchev–Trinajstić information content (AvgIpc) is 2.34. The van der Waals surface area contributed by atoms with Gasteiger partial charge in [0.05, 0.1) is 0 Å². The average molecular weight is 269 g/mol. The maximum Gasteiger partial charge on any atom is 0.410 e. The number of hydrogen-bond acceptors (Lipinski definition) is 3. The summed E-state index contributed by atoms with van der Waals surface area (Å²) in [7, 11) is 0. The number of piperidine rings is 1. The van der Waals surface area contributed by atoms with Gasteiger partial charge >= 0.3 is 6.09 Å². The number of allylic oxidation sites excluding steroid dienone is 1. The monoisotopic (exact) mass is 269 g/mol. The molecule has 1 aliphatic rings. The second-order valence-electron chi connectivity index (χ2n) is 6.35. The first-order valence-electron chi connectivity index (χ1n) is 7.09. The van der Waals surface area contributed by atoms with Gasteiger partial charge < -0.3 is 14.7 Å². The number of aliphatic hydroxyl groups excluding tert-OH is 1. The molecular formula is C15H27NO3. The number of carbonyl (C=O) groups is 1. The molecule has 1 atom stereocenters. The molecule has 19 heavy (non-hydrogen) atoms. The van der Waals surface area contributed by atoms with Gasteiger partial charge in [-0.1, -0.05) is 19.1 Å². The number of carbonyl (C=O) groups excluding carboxylic acids is 1. The molecule has 0 unspecified atom stereocenters. The molecule has 0 aromatic rings. The summed E-state index contributed by atoms with van der Waals surface area (Å²) in [4.78, 5) is 13.7. The third-order valence-corrected chi connectivity index (χ3v) is 3.19. The summed E-state index contributed by atoms with van der Waals surface area (Å²) in [5, 5.41) is 8.97. The smallest absolute Gasteiger partial charge is 0.410 e. The Morgan fingerprint density at radius 3 is 2.47 bits per heavy atom. The summed E-state index contributed by atoms with van der Waals surface area (Å²) in [6.45, 7) is 9.33. The number of ether oxygens (including phenoxy) is 1. The first kappa shape index (κ1) is 16.0. The summed E-state index contributed by atoms with van der Waals surface area (Å²) in [5.41, 5.74) is -0.426. The predicted octanol–water partition coefficient (Wildman–Crippen LogP) is 2.82. The lowest BCUT2D eigenvalue weighted by Gasteiger charge is -2.32. The molecule has 1 rings (SSSR count). The van der Waals surface area contributed by atoms with Crippen LogP contribution in [0.3, 0.4) is 0 Å². The Bertz CT molecular complexity index is 312. The van der Waals surface area contributed by atoms with Gasteiger partial charge in [-0.25, -0.2) is 4.79 Å². The van der Waals surface area contributed by atoms with E-state index in [1.54, 1.807) is 4.90 Å². The number of amides is 1. The highest BCUT2D eigenvalue weighted by Crippen LogP contribution is 2.21. The van der Waals surface area contributed by atoms with E-state index in [0.717, 1.165) is 25.9 Å². The highest BCUT2D eigenvalue weighted by molar-refractivity contribution is 5.68. The molecule has 1 saturated heterocycles. The molecule has 1 fully saturated rings. The third kappa shape index (κ3) is 6.10. The molecule has 0 aromatic heterocycles. The number of aliphatic hydroxyl groups is 1. The summed E-state index contributed by atoms with van der Waals surface area (Å²) >= 11 is 0. The number of rotatable bonds is 3. The Balaban J connectivity index is 2.36. The molecule has 0 saturated carbocycles. The van der Waals surface area contributed by atoms with Crippen molar-refractivity contribution in [3.8, 4) is 0 Å². The molecular weight excluding hydrogens is 242 g/mol. The Kier molecular flexibility index (Phi) is 5.85. The molecule has 1 N–H and O–H groups in total. The fraction of sp³-hybridized carbons (Fsp3) is 0.800. The number of nitrogens with zero attached hydrogens (tertiary/aromatic N) is 1. The van der Waals surface area contributed by atoms with Gasteiger partial charge in [0.15, 0.2) is 0 Å². The zero-order chi connectivity index (χ0) is 14.5. The van der Waals surface area contributed by atoms with Gasteiger partial charge in [-0.3, -0.25) is 0 Å². The van der Waals surface area contributed by atoms with Crippen molar-refractivity contribution < 1.29 is 14.6 Å². The minimum atomic E-state index is -0.426. The van der Waals surface area contributed by atoms with Crippen molar-refractivity contribution in [1.82, 2.24) is 4.90 Å². The minimum absolute atomic E-state index is 0.188. The molecule has 4 heteroatoms. The van der Waals surface area contributed by atoms with E-state index < -0.39 is 5.60 Å². The number of hydrogen-bond donors (Lipinski definition) is 1. The zero-order valence-electron chi connectivity index (χ0n) is 12.6. The van der Waals surface area contributed by atoms with Crippen LogP contribution in [-0.4, -0.2) is 41.4 Å². The SMILES string of the molecule is C[C@H](/C=C/C1CCN(C(=O)OC(C)(C)C)CC1)CO. The Morgan fingerprint density at radius 2 is 2.00 bits per heavy atom. The fourth-order valence-corrected chi connectivity index (χ4v) is 2.01. The van der Waals surface area contributed by atoms with E-state index in [1.165, 1.54) is 0 Å². The van der Waals surface area contributed by atoms with Crippen LogP contribution in [0.15, 0.2) is 12.2 Å². The lowest BCUT2D eigenvalue weighted by molar-refractivity contribution is 0.0197. The standard InChI is InChI=1S/C15H27NO3/c1-12(11-17)5-6-13-7-9-16(10-8-13)14(18)19-15(2,3)4/h5-6,12-13,17H,7-11H2,1-4H3/b6-5+/t12-/m1/s1. The highest BCUT2D eigenvalue weighted by atomic mass is 16.6. The summed E-state index contributed by atoms with van der Waals surface area (Å²) < 4.78 is 5.36. The van der Waals surface area contributed by atoms with E-state index in [4.69, 9.17) is 9.84 Å². The minimum Gasteiger partial charge on any atom is -0.444 e. The third-order valence-electron chi connectivity index (χ3n) is 3.19. The molecule has 1 amide bonds. The van der Waals surface area contributed by atoms with Gasteiger partial charge in [0, 0.05) is 19.7 Å². The van der Waals surface area contributed by atoms with E-state index >= 15 is 0 Å².